The Morgan fingerprint density at radius 1 is 1.21 bits per heavy atom. The van der Waals surface area contributed by atoms with Crippen LogP contribution in [0.4, 0.5) is 0 Å². The summed E-state index contributed by atoms with van der Waals surface area (Å²) in [6.45, 7) is 6.41. The monoisotopic (exact) mass is 192 g/mol. The van der Waals surface area contributed by atoms with Gasteiger partial charge < -0.3 is 0 Å². The van der Waals surface area contributed by atoms with Gasteiger partial charge in [0.1, 0.15) is 6.34 Å². The van der Waals surface area contributed by atoms with Crippen LogP contribution in [-0.2, 0) is 0 Å². The van der Waals surface area contributed by atoms with E-state index in [2.05, 4.69) is 23.8 Å². The molecule has 0 radical (unpaired) electrons. The standard InChI is InChI=1S/C12H20N2/c1-4-13-9-14-12-8-6-5-7-11(12)10(2)3/h4,9-10H,5-8H2,1-3H3. The molecule has 0 amide bonds. The van der Waals surface area contributed by atoms with Gasteiger partial charge >= 0.3 is 0 Å². The Labute approximate surface area is 86.8 Å². The summed E-state index contributed by atoms with van der Waals surface area (Å²) in [5.41, 5.74) is 2.80. The van der Waals surface area contributed by atoms with Gasteiger partial charge in [0.2, 0.25) is 0 Å². The van der Waals surface area contributed by atoms with Crippen molar-refractivity contribution in [2.24, 2.45) is 15.9 Å². The fraction of sp³-hybridized carbons (Fsp3) is 0.667. The molecule has 2 nitrogen and oxygen atoms in total. The summed E-state index contributed by atoms with van der Waals surface area (Å²) < 4.78 is 0. The SMILES string of the molecule is CC=NC=NC1=C(C(C)C)CCCC1. The summed E-state index contributed by atoms with van der Waals surface area (Å²) in [6.07, 6.45) is 8.39. The highest BCUT2D eigenvalue weighted by Gasteiger charge is 2.14. The molecule has 0 heterocycles. The van der Waals surface area contributed by atoms with Gasteiger partial charge in [0, 0.05) is 11.9 Å². The molecule has 0 aromatic carbocycles. The van der Waals surface area contributed by atoms with Crippen LogP contribution in [-0.4, -0.2) is 12.6 Å². The maximum atomic E-state index is 4.43. The van der Waals surface area contributed by atoms with Crippen molar-refractivity contribution in [2.45, 2.75) is 46.5 Å². The molecule has 0 spiro atoms. The van der Waals surface area contributed by atoms with Crippen LogP contribution >= 0.6 is 0 Å². The molecule has 1 aliphatic carbocycles. The average molecular weight is 192 g/mol. The summed E-state index contributed by atoms with van der Waals surface area (Å²) in [4.78, 5) is 8.44. The van der Waals surface area contributed by atoms with Gasteiger partial charge in [-0.1, -0.05) is 13.8 Å². The van der Waals surface area contributed by atoms with Crippen molar-refractivity contribution in [1.82, 2.24) is 0 Å². The fourth-order valence-corrected chi connectivity index (χ4v) is 1.85. The maximum Gasteiger partial charge on any atom is 0.115 e. The van der Waals surface area contributed by atoms with E-state index in [1.54, 1.807) is 12.6 Å². The van der Waals surface area contributed by atoms with Gasteiger partial charge in [-0.2, -0.15) is 0 Å². The largest absolute Gasteiger partial charge is 0.250 e. The molecule has 1 aliphatic rings. The van der Waals surface area contributed by atoms with E-state index >= 15 is 0 Å². The first-order valence-corrected chi connectivity index (χ1v) is 5.48. The van der Waals surface area contributed by atoms with Gasteiger partial charge in [0.25, 0.3) is 0 Å². The van der Waals surface area contributed by atoms with E-state index in [0.717, 1.165) is 6.42 Å². The minimum atomic E-state index is 0.632. The van der Waals surface area contributed by atoms with Crippen molar-refractivity contribution in [3.05, 3.63) is 11.3 Å². The van der Waals surface area contributed by atoms with E-state index in [1.165, 1.54) is 30.5 Å². The number of hydrogen-bond donors (Lipinski definition) is 0. The molecule has 0 aromatic rings. The summed E-state index contributed by atoms with van der Waals surface area (Å²) >= 11 is 0. The summed E-state index contributed by atoms with van der Waals surface area (Å²) in [5, 5.41) is 0. The lowest BCUT2D eigenvalue weighted by molar-refractivity contribution is 0.594. The van der Waals surface area contributed by atoms with E-state index in [4.69, 9.17) is 0 Å². The van der Waals surface area contributed by atoms with E-state index in [-0.39, 0.29) is 0 Å². The van der Waals surface area contributed by atoms with Gasteiger partial charge in [-0.15, -0.1) is 0 Å². The third kappa shape index (κ3) is 3.09. The lowest BCUT2D eigenvalue weighted by atomic mass is 9.89. The Morgan fingerprint density at radius 3 is 2.57 bits per heavy atom. The predicted molar refractivity (Wildman–Crippen MR) is 63.0 cm³/mol. The number of allylic oxidation sites excluding steroid dienone is 2. The number of aliphatic imine (C=N–C) groups is 2. The van der Waals surface area contributed by atoms with Crippen LogP contribution in [0, 0.1) is 5.92 Å². The zero-order valence-corrected chi connectivity index (χ0v) is 9.45. The highest BCUT2D eigenvalue weighted by molar-refractivity contribution is 5.71. The minimum absolute atomic E-state index is 0.632. The molecule has 0 bridgehead atoms. The van der Waals surface area contributed by atoms with Crippen LogP contribution in [0.25, 0.3) is 0 Å². The third-order valence-electron chi connectivity index (χ3n) is 2.61. The van der Waals surface area contributed by atoms with Crippen LogP contribution in [0.2, 0.25) is 0 Å². The third-order valence-corrected chi connectivity index (χ3v) is 2.61. The summed E-state index contributed by atoms with van der Waals surface area (Å²) in [5.74, 6) is 0.632. The highest BCUT2D eigenvalue weighted by atomic mass is 14.9. The Balaban J connectivity index is 2.78. The molecular formula is C12H20N2. The van der Waals surface area contributed by atoms with Gasteiger partial charge in [0.05, 0.1) is 0 Å². The van der Waals surface area contributed by atoms with Crippen molar-refractivity contribution in [3.8, 4) is 0 Å². The molecule has 0 aliphatic heterocycles. The molecule has 0 fully saturated rings. The first kappa shape index (κ1) is 11.2. The van der Waals surface area contributed by atoms with Gasteiger partial charge in [0.15, 0.2) is 0 Å². The topological polar surface area (TPSA) is 24.7 Å². The molecule has 0 atom stereocenters. The molecule has 0 N–H and O–H groups in total. The van der Waals surface area contributed by atoms with Crippen LogP contribution in [0.1, 0.15) is 46.5 Å². The molecule has 0 saturated carbocycles. The van der Waals surface area contributed by atoms with E-state index in [0.29, 0.717) is 5.92 Å². The van der Waals surface area contributed by atoms with Crippen molar-refractivity contribution in [3.63, 3.8) is 0 Å². The Bertz CT molecular complexity index is 259. The first-order valence-electron chi connectivity index (χ1n) is 5.48. The molecule has 1 rings (SSSR count). The minimum Gasteiger partial charge on any atom is -0.250 e. The van der Waals surface area contributed by atoms with Gasteiger partial charge in [-0.3, -0.25) is 0 Å². The van der Waals surface area contributed by atoms with Gasteiger partial charge in [-0.25, -0.2) is 9.98 Å². The highest BCUT2D eigenvalue weighted by Crippen LogP contribution is 2.30. The zero-order valence-electron chi connectivity index (χ0n) is 9.45. The van der Waals surface area contributed by atoms with Crippen LogP contribution in [0.3, 0.4) is 0 Å². The second-order valence-corrected chi connectivity index (χ2v) is 3.99. The van der Waals surface area contributed by atoms with Crippen molar-refractivity contribution < 1.29 is 0 Å². The Kier molecular flexibility index (Phi) is 4.57. The lowest BCUT2D eigenvalue weighted by Gasteiger charge is -2.19. The molecule has 78 valence electrons. The van der Waals surface area contributed by atoms with Crippen LogP contribution in [0.5, 0.6) is 0 Å². The van der Waals surface area contributed by atoms with Crippen molar-refractivity contribution in [2.75, 3.05) is 0 Å². The fourth-order valence-electron chi connectivity index (χ4n) is 1.85. The maximum absolute atomic E-state index is 4.43. The molecule has 0 aromatic heterocycles. The lowest BCUT2D eigenvalue weighted by Crippen LogP contribution is -2.04. The van der Waals surface area contributed by atoms with E-state index < -0.39 is 0 Å². The second-order valence-electron chi connectivity index (χ2n) is 3.99. The Hall–Kier alpha value is -0.920. The first-order chi connectivity index (χ1) is 6.75. The number of hydrogen-bond acceptors (Lipinski definition) is 1. The van der Waals surface area contributed by atoms with Crippen molar-refractivity contribution >= 4 is 12.6 Å². The average Bonchev–Trinajstić information content (AvgIpc) is 2.19. The summed E-state index contributed by atoms with van der Waals surface area (Å²) in [6, 6.07) is 0. The zero-order chi connectivity index (χ0) is 10.4. The summed E-state index contributed by atoms with van der Waals surface area (Å²) in [7, 11) is 0. The predicted octanol–water partition coefficient (Wildman–Crippen LogP) is 3.59. The Morgan fingerprint density at radius 2 is 1.93 bits per heavy atom. The van der Waals surface area contributed by atoms with Crippen molar-refractivity contribution in [1.29, 1.82) is 0 Å². The molecule has 0 saturated heterocycles. The normalized spacial score (nSPS) is 19.1. The van der Waals surface area contributed by atoms with Crippen LogP contribution < -0.4 is 0 Å². The quantitative estimate of drug-likeness (QED) is 0.482. The second kappa shape index (κ2) is 5.74. The van der Waals surface area contributed by atoms with Gasteiger partial charge in [-0.05, 0) is 44.1 Å². The molecule has 0 unspecified atom stereocenters. The molecule has 2 heteroatoms. The smallest absolute Gasteiger partial charge is 0.115 e. The van der Waals surface area contributed by atoms with E-state index in [1.807, 2.05) is 6.92 Å². The van der Waals surface area contributed by atoms with Crippen LogP contribution in [0.15, 0.2) is 21.3 Å². The van der Waals surface area contributed by atoms with E-state index in [9.17, 15) is 0 Å². The number of rotatable bonds is 3. The molecular weight excluding hydrogens is 172 g/mol. The number of nitrogens with zero attached hydrogens (tertiary/aromatic N) is 2. The molecule has 14 heavy (non-hydrogen) atoms.